The lowest BCUT2D eigenvalue weighted by Crippen LogP contribution is -2.34. The summed E-state index contributed by atoms with van der Waals surface area (Å²) in [5, 5.41) is 6.44. The van der Waals surface area contributed by atoms with E-state index in [0.29, 0.717) is 5.56 Å². The van der Waals surface area contributed by atoms with Crippen LogP contribution in [0.3, 0.4) is 0 Å². The second kappa shape index (κ2) is 8.63. The summed E-state index contributed by atoms with van der Waals surface area (Å²) in [5.41, 5.74) is 2.72. The number of aromatic nitrogens is 1. The Kier molecular flexibility index (Phi) is 6.02. The first-order chi connectivity index (χ1) is 12.6. The molecule has 2 aromatic heterocycles. The molecule has 0 fully saturated rings. The van der Waals surface area contributed by atoms with E-state index in [4.69, 9.17) is 0 Å². The summed E-state index contributed by atoms with van der Waals surface area (Å²) in [6, 6.07) is 15.8. The van der Waals surface area contributed by atoms with Crippen LogP contribution in [0, 0.1) is 6.92 Å². The Balaban J connectivity index is 1.57. The molecule has 3 aromatic rings. The second-order valence-electron chi connectivity index (χ2n) is 6.39. The van der Waals surface area contributed by atoms with Crippen LogP contribution in [0.5, 0.6) is 0 Å². The zero-order valence-electron chi connectivity index (χ0n) is 15.0. The van der Waals surface area contributed by atoms with Crippen LogP contribution >= 0.6 is 11.3 Å². The minimum atomic E-state index is -0.0583. The molecule has 26 heavy (non-hydrogen) atoms. The van der Waals surface area contributed by atoms with Gasteiger partial charge in [-0.05, 0) is 62.2 Å². The number of nitrogens with zero attached hydrogens (tertiary/aromatic N) is 1. The number of hydrogen-bond donors (Lipinski definition) is 2. The van der Waals surface area contributed by atoms with Gasteiger partial charge < -0.3 is 10.6 Å². The summed E-state index contributed by atoms with van der Waals surface area (Å²) in [6.45, 7) is 4.87. The number of amides is 1. The highest BCUT2D eigenvalue weighted by Gasteiger charge is 2.11. The van der Waals surface area contributed by atoms with Gasteiger partial charge in [0.05, 0.1) is 0 Å². The smallest absolute Gasteiger partial charge is 0.251 e. The fourth-order valence-corrected chi connectivity index (χ4v) is 3.60. The Bertz CT molecular complexity index is 860. The summed E-state index contributed by atoms with van der Waals surface area (Å²) < 4.78 is 0. The molecule has 0 aliphatic rings. The summed E-state index contributed by atoms with van der Waals surface area (Å²) in [5.74, 6) is -0.0583. The quantitative estimate of drug-likeness (QED) is 0.651. The minimum Gasteiger partial charge on any atom is -0.380 e. The van der Waals surface area contributed by atoms with Crippen molar-refractivity contribution < 1.29 is 4.79 Å². The standard InChI is InChI=1S/C21H23N3OS/c1-15(11-17-5-4-10-22-13-17)24-21(25)18-6-3-7-19(12-18)23-14-20-9-8-16(2)26-20/h3-10,12-13,15,23H,11,14H2,1-2H3,(H,24,25). The number of pyridine rings is 1. The molecule has 4 nitrogen and oxygen atoms in total. The maximum Gasteiger partial charge on any atom is 0.251 e. The Labute approximate surface area is 158 Å². The summed E-state index contributed by atoms with van der Waals surface area (Å²) >= 11 is 1.78. The van der Waals surface area contributed by atoms with Crippen molar-refractivity contribution in [3.63, 3.8) is 0 Å². The van der Waals surface area contributed by atoms with Crippen LogP contribution in [0.2, 0.25) is 0 Å². The Morgan fingerprint density at radius 2 is 2.08 bits per heavy atom. The van der Waals surface area contributed by atoms with Crippen molar-refractivity contribution in [2.45, 2.75) is 32.9 Å². The van der Waals surface area contributed by atoms with E-state index >= 15 is 0 Å². The Hall–Kier alpha value is -2.66. The number of nitrogens with one attached hydrogen (secondary N) is 2. The summed E-state index contributed by atoms with van der Waals surface area (Å²) in [7, 11) is 0. The van der Waals surface area contributed by atoms with Gasteiger partial charge in [0.15, 0.2) is 0 Å². The molecule has 3 rings (SSSR count). The van der Waals surface area contributed by atoms with E-state index in [1.54, 1.807) is 17.5 Å². The number of hydrogen-bond acceptors (Lipinski definition) is 4. The number of thiophene rings is 1. The molecular weight excluding hydrogens is 342 g/mol. The molecule has 134 valence electrons. The van der Waals surface area contributed by atoms with Gasteiger partial charge in [0.25, 0.3) is 5.91 Å². The number of aryl methyl sites for hydroxylation is 1. The topological polar surface area (TPSA) is 54.0 Å². The van der Waals surface area contributed by atoms with Crippen LogP contribution in [0.4, 0.5) is 5.69 Å². The number of benzene rings is 1. The van der Waals surface area contributed by atoms with Crippen molar-refractivity contribution in [2.24, 2.45) is 0 Å². The maximum absolute atomic E-state index is 12.5. The van der Waals surface area contributed by atoms with Crippen LogP contribution in [-0.2, 0) is 13.0 Å². The van der Waals surface area contributed by atoms with E-state index in [-0.39, 0.29) is 11.9 Å². The van der Waals surface area contributed by atoms with Crippen molar-refractivity contribution in [3.05, 3.63) is 81.8 Å². The van der Waals surface area contributed by atoms with Crippen molar-refractivity contribution in [2.75, 3.05) is 5.32 Å². The van der Waals surface area contributed by atoms with Gasteiger partial charge in [-0.3, -0.25) is 9.78 Å². The molecule has 1 amide bonds. The monoisotopic (exact) mass is 365 g/mol. The average Bonchev–Trinajstić information content (AvgIpc) is 3.06. The summed E-state index contributed by atoms with van der Waals surface area (Å²) in [6.07, 6.45) is 4.34. The van der Waals surface area contributed by atoms with Crippen LogP contribution in [0.1, 0.15) is 32.6 Å². The van der Waals surface area contributed by atoms with E-state index in [2.05, 4.69) is 34.7 Å². The highest BCUT2D eigenvalue weighted by molar-refractivity contribution is 7.11. The van der Waals surface area contributed by atoms with E-state index in [0.717, 1.165) is 24.2 Å². The molecule has 0 radical (unpaired) electrons. The molecular formula is C21H23N3OS. The van der Waals surface area contributed by atoms with Gasteiger partial charge in [-0.25, -0.2) is 0 Å². The van der Waals surface area contributed by atoms with E-state index in [1.807, 2.05) is 49.5 Å². The highest BCUT2D eigenvalue weighted by atomic mass is 32.1. The molecule has 1 unspecified atom stereocenters. The molecule has 2 heterocycles. The third-order valence-electron chi connectivity index (χ3n) is 4.03. The Morgan fingerprint density at radius 1 is 1.19 bits per heavy atom. The minimum absolute atomic E-state index is 0.0393. The molecule has 1 atom stereocenters. The first-order valence-electron chi connectivity index (χ1n) is 8.69. The van der Waals surface area contributed by atoms with Crippen molar-refractivity contribution in [1.82, 2.24) is 10.3 Å². The third-order valence-corrected chi connectivity index (χ3v) is 5.03. The normalized spacial score (nSPS) is 11.8. The largest absolute Gasteiger partial charge is 0.380 e. The lowest BCUT2D eigenvalue weighted by molar-refractivity contribution is 0.0940. The number of carbonyl (C=O) groups is 1. The van der Waals surface area contributed by atoms with Crippen LogP contribution in [0.15, 0.2) is 60.9 Å². The average molecular weight is 366 g/mol. The predicted octanol–water partition coefficient (Wildman–Crippen LogP) is 4.42. The molecule has 0 aliphatic carbocycles. The predicted molar refractivity (Wildman–Crippen MR) is 108 cm³/mol. The van der Waals surface area contributed by atoms with Gasteiger partial charge in [-0.15, -0.1) is 11.3 Å². The number of carbonyl (C=O) groups excluding carboxylic acids is 1. The molecule has 0 bridgehead atoms. The molecule has 0 aliphatic heterocycles. The number of anilines is 1. The zero-order chi connectivity index (χ0) is 18.4. The van der Waals surface area contributed by atoms with Gasteiger partial charge in [0.2, 0.25) is 0 Å². The van der Waals surface area contributed by atoms with Gasteiger partial charge in [-0.1, -0.05) is 12.1 Å². The van der Waals surface area contributed by atoms with Gasteiger partial charge in [0, 0.05) is 46.0 Å². The molecule has 2 N–H and O–H groups in total. The number of rotatable bonds is 7. The highest BCUT2D eigenvalue weighted by Crippen LogP contribution is 2.18. The second-order valence-corrected chi connectivity index (χ2v) is 7.76. The van der Waals surface area contributed by atoms with Gasteiger partial charge in [0.1, 0.15) is 0 Å². The molecule has 0 saturated carbocycles. The lowest BCUT2D eigenvalue weighted by Gasteiger charge is -2.14. The van der Waals surface area contributed by atoms with Gasteiger partial charge >= 0.3 is 0 Å². The lowest BCUT2D eigenvalue weighted by atomic mass is 10.1. The van der Waals surface area contributed by atoms with Crippen LogP contribution in [0.25, 0.3) is 0 Å². The van der Waals surface area contributed by atoms with E-state index < -0.39 is 0 Å². The fourth-order valence-electron chi connectivity index (χ4n) is 2.77. The third kappa shape index (κ3) is 5.17. The molecule has 5 heteroatoms. The molecule has 0 spiro atoms. The fraction of sp³-hybridized carbons (Fsp3) is 0.238. The summed E-state index contributed by atoms with van der Waals surface area (Å²) in [4.78, 5) is 19.2. The van der Waals surface area contributed by atoms with Crippen molar-refractivity contribution >= 4 is 22.9 Å². The first kappa shape index (κ1) is 18.1. The molecule has 0 saturated heterocycles. The zero-order valence-corrected chi connectivity index (χ0v) is 15.8. The van der Waals surface area contributed by atoms with Crippen LogP contribution < -0.4 is 10.6 Å². The van der Waals surface area contributed by atoms with Crippen molar-refractivity contribution in [3.8, 4) is 0 Å². The van der Waals surface area contributed by atoms with Crippen LogP contribution in [-0.4, -0.2) is 16.9 Å². The molecule has 1 aromatic carbocycles. The van der Waals surface area contributed by atoms with E-state index in [1.165, 1.54) is 9.75 Å². The Morgan fingerprint density at radius 3 is 2.81 bits per heavy atom. The van der Waals surface area contributed by atoms with Gasteiger partial charge in [-0.2, -0.15) is 0 Å². The first-order valence-corrected chi connectivity index (χ1v) is 9.51. The van der Waals surface area contributed by atoms with Crippen molar-refractivity contribution in [1.29, 1.82) is 0 Å². The van der Waals surface area contributed by atoms with E-state index in [9.17, 15) is 4.79 Å². The SMILES string of the molecule is Cc1ccc(CNc2cccc(C(=O)NC(C)Cc3cccnc3)c2)s1. The maximum atomic E-state index is 12.5.